The zero-order chi connectivity index (χ0) is 14.2. The van der Waals surface area contributed by atoms with Crippen LogP contribution in [0, 0.1) is 0 Å². The predicted molar refractivity (Wildman–Crippen MR) is 74.8 cm³/mol. The van der Waals surface area contributed by atoms with Crippen LogP contribution in [-0.2, 0) is 16.6 Å². The van der Waals surface area contributed by atoms with Gasteiger partial charge in [-0.25, -0.2) is 4.98 Å². The fourth-order valence-electron chi connectivity index (χ4n) is 1.87. The SMILES string of the molecule is CCn1cnc(S(=O)(=O)Nc2n[nH]c3ccccc23)c1. The van der Waals surface area contributed by atoms with Gasteiger partial charge in [0.1, 0.15) is 0 Å². The van der Waals surface area contributed by atoms with Crippen molar-refractivity contribution in [1.82, 2.24) is 19.7 Å². The first-order valence-corrected chi connectivity index (χ1v) is 7.56. The van der Waals surface area contributed by atoms with Gasteiger partial charge < -0.3 is 4.57 Å². The number of sulfonamides is 1. The third-order valence-corrected chi connectivity index (χ3v) is 4.17. The van der Waals surface area contributed by atoms with Crippen molar-refractivity contribution in [3.05, 3.63) is 36.8 Å². The first kappa shape index (κ1) is 12.7. The van der Waals surface area contributed by atoms with E-state index in [1.54, 1.807) is 10.6 Å². The van der Waals surface area contributed by atoms with E-state index in [-0.39, 0.29) is 10.8 Å². The lowest BCUT2D eigenvalue weighted by Crippen LogP contribution is -2.13. The molecule has 0 spiro atoms. The second-order valence-electron chi connectivity index (χ2n) is 4.27. The van der Waals surface area contributed by atoms with Crippen LogP contribution in [0.15, 0.2) is 41.8 Å². The molecule has 2 aromatic heterocycles. The quantitative estimate of drug-likeness (QED) is 0.763. The van der Waals surface area contributed by atoms with Crippen molar-refractivity contribution >= 4 is 26.7 Å². The Morgan fingerprint density at radius 1 is 1.35 bits per heavy atom. The van der Waals surface area contributed by atoms with Gasteiger partial charge >= 0.3 is 0 Å². The van der Waals surface area contributed by atoms with Crippen molar-refractivity contribution in [2.45, 2.75) is 18.5 Å². The van der Waals surface area contributed by atoms with Crippen molar-refractivity contribution in [1.29, 1.82) is 0 Å². The van der Waals surface area contributed by atoms with E-state index < -0.39 is 10.0 Å². The third kappa shape index (κ3) is 2.14. The van der Waals surface area contributed by atoms with Gasteiger partial charge in [0.05, 0.1) is 11.8 Å². The smallest absolute Gasteiger partial charge is 0.282 e. The lowest BCUT2D eigenvalue weighted by atomic mass is 10.2. The molecule has 104 valence electrons. The normalized spacial score (nSPS) is 11.8. The summed E-state index contributed by atoms with van der Waals surface area (Å²) in [6.07, 6.45) is 2.97. The molecule has 8 heteroatoms. The summed E-state index contributed by atoms with van der Waals surface area (Å²) in [5.74, 6) is 0.270. The van der Waals surface area contributed by atoms with Crippen molar-refractivity contribution < 1.29 is 8.42 Å². The summed E-state index contributed by atoms with van der Waals surface area (Å²) in [6, 6.07) is 7.29. The molecule has 0 fully saturated rings. The highest BCUT2D eigenvalue weighted by Gasteiger charge is 2.19. The van der Waals surface area contributed by atoms with Gasteiger partial charge in [-0.15, -0.1) is 0 Å². The number of nitrogens with zero attached hydrogens (tertiary/aromatic N) is 3. The molecule has 0 saturated carbocycles. The van der Waals surface area contributed by atoms with E-state index in [1.165, 1.54) is 12.5 Å². The number of anilines is 1. The second-order valence-corrected chi connectivity index (χ2v) is 5.89. The predicted octanol–water partition coefficient (Wildman–Crippen LogP) is 1.58. The standard InChI is InChI=1S/C12H13N5O2S/c1-2-17-7-11(13-8-17)20(18,19)16-12-9-5-3-4-6-10(9)14-15-12/h3-8H,2H2,1H3,(H2,14,15,16). The fraction of sp³-hybridized carbons (Fsp3) is 0.167. The number of hydrogen-bond donors (Lipinski definition) is 2. The summed E-state index contributed by atoms with van der Waals surface area (Å²) in [6.45, 7) is 2.57. The summed E-state index contributed by atoms with van der Waals surface area (Å²) in [4.78, 5) is 3.89. The van der Waals surface area contributed by atoms with Crippen LogP contribution in [-0.4, -0.2) is 28.2 Å². The highest BCUT2D eigenvalue weighted by atomic mass is 32.2. The Morgan fingerprint density at radius 2 is 2.15 bits per heavy atom. The van der Waals surface area contributed by atoms with E-state index in [4.69, 9.17) is 0 Å². The molecule has 0 bridgehead atoms. The summed E-state index contributed by atoms with van der Waals surface area (Å²) >= 11 is 0. The molecule has 0 unspecified atom stereocenters. The van der Waals surface area contributed by atoms with Crippen LogP contribution in [0.1, 0.15) is 6.92 Å². The van der Waals surface area contributed by atoms with Gasteiger partial charge in [-0.1, -0.05) is 12.1 Å². The molecule has 0 amide bonds. The van der Waals surface area contributed by atoms with Crippen molar-refractivity contribution in [3.63, 3.8) is 0 Å². The molecular formula is C12H13N5O2S. The minimum Gasteiger partial charge on any atom is -0.336 e. The number of imidazole rings is 1. The number of hydrogen-bond acceptors (Lipinski definition) is 4. The maximum Gasteiger partial charge on any atom is 0.282 e. The van der Waals surface area contributed by atoms with Crippen LogP contribution in [0.25, 0.3) is 10.9 Å². The third-order valence-electron chi connectivity index (χ3n) is 2.95. The molecule has 0 aliphatic heterocycles. The lowest BCUT2D eigenvalue weighted by Gasteiger charge is -2.02. The molecule has 2 N–H and O–H groups in total. The van der Waals surface area contributed by atoms with Crippen LogP contribution in [0.5, 0.6) is 0 Å². The van der Waals surface area contributed by atoms with Gasteiger partial charge in [-0.05, 0) is 19.1 Å². The number of aromatic nitrogens is 4. The molecule has 2 heterocycles. The van der Waals surface area contributed by atoms with E-state index in [0.717, 1.165) is 5.52 Å². The van der Waals surface area contributed by atoms with Crippen LogP contribution in [0.3, 0.4) is 0 Å². The van der Waals surface area contributed by atoms with E-state index >= 15 is 0 Å². The highest BCUT2D eigenvalue weighted by molar-refractivity contribution is 7.92. The molecular weight excluding hydrogens is 278 g/mol. The molecule has 0 saturated heterocycles. The first-order chi connectivity index (χ1) is 9.60. The average molecular weight is 291 g/mol. The molecule has 3 rings (SSSR count). The number of para-hydroxylation sites is 1. The van der Waals surface area contributed by atoms with Crippen molar-refractivity contribution in [2.24, 2.45) is 0 Å². The van der Waals surface area contributed by atoms with Crippen LogP contribution in [0.2, 0.25) is 0 Å². The first-order valence-electron chi connectivity index (χ1n) is 6.08. The van der Waals surface area contributed by atoms with Crippen LogP contribution in [0.4, 0.5) is 5.82 Å². The van der Waals surface area contributed by atoms with E-state index in [0.29, 0.717) is 11.9 Å². The Labute approximate surface area is 115 Å². The Morgan fingerprint density at radius 3 is 2.90 bits per heavy atom. The number of nitrogens with one attached hydrogen (secondary N) is 2. The van der Waals surface area contributed by atoms with Crippen LogP contribution >= 0.6 is 0 Å². The van der Waals surface area contributed by atoms with Gasteiger partial charge in [0.25, 0.3) is 10.0 Å². The van der Waals surface area contributed by atoms with E-state index in [1.807, 2.05) is 25.1 Å². The number of aryl methyl sites for hydroxylation is 1. The van der Waals surface area contributed by atoms with Crippen molar-refractivity contribution in [3.8, 4) is 0 Å². The maximum atomic E-state index is 12.2. The summed E-state index contributed by atoms with van der Waals surface area (Å²) < 4.78 is 28.6. The number of H-pyrrole nitrogens is 1. The molecule has 0 aliphatic carbocycles. The Balaban J connectivity index is 1.97. The number of benzene rings is 1. The van der Waals surface area contributed by atoms with E-state index in [9.17, 15) is 8.42 Å². The van der Waals surface area contributed by atoms with E-state index in [2.05, 4.69) is 19.9 Å². The number of rotatable bonds is 4. The zero-order valence-corrected chi connectivity index (χ0v) is 11.6. The van der Waals surface area contributed by atoms with Gasteiger partial charge in [-0.2, -0.15) is 13.5 Å². The second kappa shape index (κ2) is 4.64. The van der Waals surface area contributed by atoms with Gasteiger partial charge in [0, 0.05) is 18.1 Å². The summed E-state index contributed by atoms with van der Waals surface area (Å²) in [7, 11) is -3.73. The minimum atomic E-state index is -3.73. The summed E-state index contributed by atoms with van der Waals surface area (Å²) in [5, 5.41) is 7.45. The Kier molecular flexibility index (Phi) is 2.94. The zero-order valence-electron chi connectivity index (χ0n) is 10.7. The molecule has 0 atom stereocenters. The number of aromatic amines is 1. The Hall–Kier alpha value is -2.35. The number of fused-ring (bicyclic) bond motifs is 1. The van der Waals surface area contributed by atoms with Crippen molar-refractivity contribution in [2.75, 3.05) is 4.72 Å². The van der Waals surface area contributed by atoms with Crippen LogP contribution < -0.4 is 4.72 Å². The minimum absolute atomic E-state index is 0.0218. The van der Waals surface area contributed by atoms with Gasteiger partial charge in [-0.3, -0.25) is 9.82 Å². The summed E-state index contributed by atoms with van der Waals surface area (Å²) in [5.41, 5.74) is 0.768. The highest BCUT2D eigenvalue weighted by Crippen LogP contribution is 2.22. The molecule has 0 aliphatic rings. The topological polar surface area (TPSA) is 92.7 Å². The molecule has 1 aromatic carbocycles. The molecule has 7 nitrogen and oxygen atoms in total. The monoisotopic (exact) mass is 291 g/mol. The Bertz CT molecular complexity index is 849. The molecule has 3 aromatic rings. The van der Waals surface area contributed by atoms with Gasteiger partial charge in [0.15, 0.2) is 10.8 Å². The van der Waals surface area contributed by atoms with Gasteiger partial charge in [0.2, 0.25) is 0 Å². The average Bonchev–Trinajstić information content (AvgIpc) is 3.06. The largest absolute Gasteiger partial charge is 0.336 e. The molecule has 20 heavy (non-hydrogen) atoms. The fourth-order valence-corrected chi connectivity index (χ4v) is 2.85. The maximum absolute atomic E-state index is 12.2. The molecule has 0 radical (unpaired) electrons. The lowest BCUT2D eigenvalue weighted by molar-refractivity contribution is 0.598.